The van der Waals surface area contributed by atoms with Crippen molar-refractivity contribution in [2.24, 2.45) is 0 Å². The third-order valence-electron chi connectivity index (χ3n) is 10.5. The van der Waals surface area contributed by atoms with Crippen LogP contribution in [0.3, 0.4) is 0 Å². The van der Waals surface area contributed by atoms with E-state index in [0.717, 1.165) is 28.3 Å². The number of halogens is 5. The van der Waals surface area contributed by atoms with Crippen LogP contribution in [0.1, 0.15) is 58.3 Å². The van der Waals surface area contributed by atoms with Gasteiger partial charge in [-0.25, -0.2) is 14.4 Å². The molecule has 0 bridgehead atoms. The van der Waals surface area contributed by atoms with Crippen LogP contribution in [0, 0.1) is 6.92 Å². The highest BCUT2D eigenvalue weighted by Crippen LogP contribution is 2.42. The molecule has 2 fully saturated rings. The normalized spacial score (nSPS) is 19.0. The minimum absolute atomic E-state index is 0.0173. The topological polar surface area (TPSA) is 154 Å². The van der Waals surface area contributed by atoms with Crippen LogP contribution in [0.5, 0.6) is 5.75 Å². The summed E-state index contributed by atoms with van der Waals surface area (Å²) in [4.78, 5) is 59.9. The Labute approximate surface area is 321 Å². The smallest absolute Gasteiger partial charge is 0.416 e. The van der Waals surface area contributed by atoms with Gasteiger partial charge in [-0.2, -0.15) is 22.7 Å². The van der Waals surface area contributed by atoms with Crippen LogP contribution >= 0.6 is 11.6 Å². The van der Waals surface area contributed by atoms with Gasteiger partial charge in [0, 0.05) is 57.3 Å². The second-order valence-electron chi connectivity index (χ2n) is 14.3. The second-order valence-corrected chi connectivity index (χ2v) is 14.7. The quantitative estimate of drug-likeness (QED) is 0.219. The number of aromatic nitrogens is 6. The number of carbonyl (C=O) groups excluding carboxylic acids is 2. The second kappa shape index (κ2) is 14.1. The van der Waals surface area contributed by atoms with Gasteiger partial charge in [0.25, 0.3) is 11.5 Å². The molecule has 0 spiro atoms. The predicted octanol–water partition coefficient (Wildman–Crippen LogP) is 4.84. The number of rotatable bonds is 7. The van der Waals surface area contributed by atoms with Crippen LogP contribution in [-0.2, 0) is 17.5 Å². The van der Waals surface area contributed by atoms with Crippen LogP contribution in [0.15, 0.2) is 53.6 Å². The highest BCUT2D eigenvalue weighted by molar-refractivity contribution is 6.33. The van der Waals surface area contributed by atoms with Gasteiger partial charge in [-0.05, 0) is 37.1 Å². The largest absolute Gasteiger partial charge is 0.504 e. The van der Waals surface area contributed by atoms with Crippen LogP contribution in [-0.4, -0.2) is 101 Å². The number of carbonyl (C=O) groups is 2. The minimum Gasteiger partial charge on any atom is -0.504 e. The lowest BCUT2D eigenvalue weighted by Gasteiger charge is -2.36. The zero-order chi connectivity index (χ0) is 39.6. The van der Waals surface area contributed by atoms with E-state index in [1.165, 1.54) is 11.2 Å². The molecule has 3 aliphatic rings. The molecular formula is C37H35ClF4N10O4. The third-order valence-corrected chi connectivity index (χ3v) is 10.8. The number of aromatic hydroxyl groups is 1. The zero-order valence-electron chi connectivity index (χ0n) is 30.1. The lowest BCUT2D eigenvalue weighted by molar-refractivity contribution is -0.137. The molecule has 2 N–H and O–H groups in total. The molecule has 5 aromatic rings. The first kappa shape index (κ1) is 37.3. The SMILES string of the molecule is Cc1ncnc(C(=O)N2CCN(c3c4n(c5nc(-c6ccc(CN7CC(F)C7)cc6)nn5c3=O)C(C(=O)Nc3ccc(C(F)(F)F)cc3Cl)CC4C)CC2)c1O. The molecule has 6 heterocycles. The summed E-state index contributed by atoms with van der Waals surface area (Å²) in [5.74, 6) is -1.44. The molecule has 19 heteroatoms. The summed E-state index contributed by atoms with van der Waals surface area (Å²) >= 11 is 6.21. The zero-order valence-corrected chi connectivity index (χ0v) is 30.9. The Bertz CT molecular complexity index is 2430. The summed E-state index contributed by atoms with van der Waals surface area (Å²) in [5.41, 5.74) is 1.01. The van der Waals surface area contributed by atoms with Gasteiger partial charge in [-0.3, -0.25) is 23.9 Å². The number of alkyl halides is 4. The summed E-state index contributed by atoms with van der Waals surface area (Å²) in [5, 5.41) is 17.4. The molecule has 2 aromatic carbocycles. The van der Waals surface area contributed by atoms with Crippen molar-refractivity contribution in [3.8, 4) is 17.1 Å². The molecule has 3 aromatic heterocycles. The molecule has 2 atom stereocenters. The number of hydrogen-bond donors (Lipinski definition) is 2. The van der Waals surface area contributed by atoms with Crippen molar-refractivity contribution in [1.82, 2.24) is 38.9 Å². The number of hydrogen-bond acceptors (Lipinski definition) is 10. The molecule has 0 aliphatic carbocycles. The number of nitrogens with one attached hydrogen (secondary N) is 1. The van der Waals surface area contributed by atoms with Crippen molar-refractivity contribution < 1.29 is 32.3 Å². The van der Waals surface area contributed by atoms with E-state index in [4.69, 9.17) is 16.6 Å². The summed E-state index contributed by atoms with van der Waals surface area (Å²) in [7, 11) is 0. The van der Waals surface area contributed by atoms with Crippen molar-refractivity contribution in [2.45, 2.75) is 51.1 Å². The molecule has 2 saturated heterocycles. The van der Waals surface area contributed by atoms with Gasteiger partial charge >= 0.3 is 6.18 Å². The Morgan fingerprint density at radius 3 is 2.41 bits per heavy atom. The maximum absolute atomic E-state index is 14.5. The van der Waals surface area contributed by atoms with Crippen LogP contribution in [0.2, 0.25) is 5.02 Å². The highest BCUT2D eigenvalue weighted by Gasteiger charge is 2.41. The number of likely N-dealkylation sites (tertiary alicyclic amines) is 1. The number of nitrogens with zero attached hydrogens (tertiary/aromatic N) is 9. The number of aryl methyl sites for hydroxylation is 1. The molecule has 0 saturated carbocycles. The third kappa shape index (κ3) is 6.69. The van der Waals surface area contributed by atoms with E-state index in [-0.39, 0.29) is 83.7 Å². The van der Waals surface area contributed by atoms with Gasteiger partial charge in [0.1, 0.15) is 24.2 Å². The van der Waals surface area contributed by atoms with Gasteiger partial charge in [0.15, 0.2) is 17.3 Å². The molecule has 292 valence electrons. The molecular weight excluding hydrogens is 760 g/mol. The van der Waals surface area contributed by atoms with Crippen molar-refractivity contribution >= 4 is 40.6 Å². The Morgan fingerprint density at radius 1 is 1.04 bits per heavy atom. The molecule has 2 unspecified atom stereocenters. The van der Waals surface area contributed by atoms with Crippen molar-refractivity contribution in [3.05, 3.63) is 92.4 Å². The van der Waals surface area contributed by atoms with Gasteiger partial charge < -0.3 is 20.2 Å². The number of piperazine rings is 1. The van der Waals surface area contributed by atoms with Crippen LogP contribution < -0.4 is 15.8 Å². The average molecular weight is 795 g/mol. The van der Waals surface area contributed by atoms with E-state index in [2.05, 4.69) is 20.4 Å². The number of anilines is 2. The Kier molecular flexibility index (Phi) is 9.43. The predicted molar refractivity (Wildman–Crippen MR) is 197 cm³/mol. The number of benzene rings is 2. The molecule has 56 heavy (non-hydrogen) atoms. The Balaban J connectivity index is 1.15. The Hall–Kier alpha value is -5.62. The fraction of sp³-hybridized carbons (Fsp3) is 0.378. The summed E-state index contributed by atoms with van der Waals surface area (Å²) in [6.07, 6.45) is -4.03. The summed E-state index contributed by atoms with van der Waals surface area (Å²) in [6, 6.07) is 9.06. The van der Waals surface area contributed by atoms with E-state index in [1.54, 1.807) is 23.6 Å². The highest BCUT2D eigenvalue weighted by atomic mass is 35.5. The molecule has 3 aliphatic heterocycles. The molecule has 14 nitrogen and oxygen atoms in total. The molecule has 2 amide bonds. The van der Waals surface area contributed by atoms with E-state index in [0.29, 0.717) is 30.9 Å². The van der Waals surface area contributed by atoms with Crippen molar-refractivity contribution in [3.63, 3.8) is 0 Å². The monoisotopic (exact) mass is 794 g/mol. The lowest BCUT2D eigenvalue weighted by atomic mass is 10.0. The van der Waals surface area contributed by atoms with Crippen molar-refractivity contribution in [2.75, 3.05) is 49.5 Å². The minimum atomic E-state index is -4.63. The van der Waals surface area contributed by atoms with Gasteiger partial charge in [-0.15, -0.1) is 5.10 Å². The summed E-state index contributed by atoms with van der Waals surface area (Å²) in [6.45, 7) is 5.56. The maximum Gasteiger partial charge on any atom is 0.416 e. The molecule has 0 radical (unpaired) electrons. The fourth-order valence-electron chi connectivity index (χ4n) is 7.57. The van der Waals surface area contributed by atoms with E-state index >= 15 is 0 Å². The van der Waals surface area contributed by atoms with Crippen LogP contribution in [0.25, 0.3) is 17.2 Å². The van der Waals surface area contributed by atoms with E-state index in [9.17, 15) is 37.1 Å². The first-order valence-electron chi connectivity index (χ1n) is 17.9. The number of fused-ring (bicyclic) bond motifs is 3. The standard InChI is InChI=1S/C37H35ClF4N10O4/c1-19-13-27(33(54)45-26-8-7-23(14-25(26)38)37(40,41)42)51-29(19)30(49-9-11-50(12-10-49)34(55)28-31(53)20(2)43-18-44-28)35(56)52-36(51)46-32(47-52)22-5-3-21(4-6-22)15-48-16-24(39)17-48/h3-8,14,18-19,24,27,53H,9-13,15-17H2,1-2H3,(H,45,54). The van der Waals surface area contributed by atoms with Crippen molar-refractivity contribution in [1.29, 1.82) is 0 Å². The fourth-order valence-corrected chi connectivity index (χ4v) is 7.80. The average Bonchev–Trinajstić information content (AvgIpc) is 3.75. The first-order chi connectivity index (χ1) is 26.7. The summed E-state index contributed by atoms with van der Waals surface area (Å²) < 4.78 is 56.2. The van der Waals surface area contributed by atoms with Crippen LogP contribution in [0.4, 0.5) is 28.9 Å². The maximum atomic E-state index is 14.5. The van der Waals surface area contributed by atoms with Gasteiger partial charge in [0.2, 0.25) is 11.7 Å². The van der Waals surface area contributed by atoms with E-state index in [1.807, 2.05) is 28.9 Å². The van der Waals surface area contributed by atoms with E-state index < -0.39 is 41.3 Å². The van der Waals surface area contributed by atoms with Gasteiger partial charge in [0.05, 0.1) is 27.7 Å². The lowest BCUT2D eigenvalue weighted by Crippen LogP contribution is -2.51. The first-order valence-corrected chi connectivity index (χ1v) is 18.3. The van der Waals surface area contributed by atoms with Gasteiger partial charge in [-0.1, -0.05) is 42.8 Å². The Morgan fingerprint density at radius 2 is 1.75 bits per heavy atom. The molecule has 8 rings (SSSR count). The number of amides is 2.